The van der Waals surface area contributed by atoms with E-state index in [9.17, 15) is 0 Å². The van der Waals surface area contributed by atoms with E-state index in [1.165, 1.54) is 306 Å². The highest BCUT2D eigenvalue weighted by molar-refractivity contribution is 6.29. The molecule has 0 nitrogen and oxygen atoms in total. The van der Waals surface area contributed by atoms with Crippen LogP contribution >= 0.6 is 0 Å². The van der Waals surface area contributed by atoms with E-state index in [4.69, 9.17) is 0 Å². The summed E-state index contributed by atoms with van der Waals surface area (Å²) >= 11 is 0. The molecule has 1 aliphatic rings. The minimum Gasteiger partial charge on any atom is -0.0616 e. The van der Waals surface area contributed by atoms with E-state index in [2.05, 4.69) is 546 Å². The molecule has 31 rings (SSSR count). The molecule has 0 amide bonds. The molecule has 30 aromatic carbocycles. The van der Waals surface area contributed by atoms with Gasteiger partial charge in [-0.25, -0.2) is 0 Å². The molecule has 1 aliphatic carbocycles. The van der Waals surface area contributed by atoms with Crippen molar-refractivity contribution in [3.05, 3.63) is 546 Å². The molecule has 0 bridgehead atoms. The molecule has 0 heterocycles. The van der Waals surface area contributed by atoms with Gasteiger partial charge >= 0.3 is 0 Å². The summed E-state index contributed by atoms with van der Waals surface area (Å²) in [4.78, 5) is 0. The van der Waals surface area contributed by atoms with Crippen molar-refractivity contribution in [3.63, 3.8) is 0 Å². The number of hydrogen-bond donors (Lipinski definition) is 0. The van der Waals surface area contributed by atoms with Gasteiger partial charge in [-0.05, 0) is 397 Å². The van der Waals surface area contributed by atoms with Crippen LogP contribution in [-0.2, 0) is 0 Å². The van der Waals surface area contributed by atoms with Crippen molar-refractivity contribution in [1.82, 2.24) is 0 Å². The SMILES string of the molecule is c1cc(-c2ccc3cc(-c4ccc5c6c(cccc46)-c4ccccc4-5)ccc3c2)cc(-c2cc3ccccc3c3c2ccc2ccccc23)c1.c1ccc2c(-c3ccc4cc(-c5cc(-c6cc7ccccc7c7c6ccc6ccccc67)c6ccccc6c5)ccc4c3)cccc2c1.c1ccc2cc(-c3ccc4cc(-c5cc(-c6cc7ccccc7c7c6ccc6ccccc67)c6ccccc6c5)ccc4c3)ccc2c1. The summed E-state index contributed by atoms with van der Waals surface area (Å²) in [6.45, 7) is 0. The van der Waals surface area contributed by atoms with Crippen molar-refractivity contribution < 1.29 is 0 Å². The molecule has 146 heavy (non-hydrogen) atoms. The highest BCUT2D eigenvalue weighted by Crippen LogP contribution is 2.52. The Morgan fingerprint density at radius 3 is 0.719 bits per heavy atom. The van der Waals surface area contributed by atoms with Crippen molar-refractivity contribution in [2.75, 3.05) is 0 Å². The first-order valence-electron chi connectivity index (χ1n) is 50.8. The first-order chi connectivity index (χ1) is 72.3. The molecule has 0 spiro atoms. The van der Waals surface area contributed by atoms with Gasteiger partial charge in [0.2, 0.25) is 0 Å². The van der Waals surface area contributed by atoms with Crippen LogP contribution in [0.3, 0.4) is 0 Å². The summed E-state index contributed by atoms with van der Waals surface area (Å²) in [6.07, 6.45) is 0. The number of rotatable bonds is 9. The van der Waals surface area contributed by atoms with Crippen LogP contribution in [0.2, 0.25) is 0 Å². The number of fused-ring (bicyclic) bond motifs is 25. The smallest absolute Gasteiger partial charge is 0.00201 e. The van der Waals surface area contributed by atoms with Crippen molar-refractivity contribution in [2.45, 2.75) is 0 Å². The zero-order chi connectivity index (χ0) is 96.0. The van der Waals surface area contributed by atoms with Crippen LogP contribution in [-0.4, -0.2) is 0 Å². The second-order valence-corrected chi connectivity index (χ2v) is 39.5. The molecule has 0 fully saturated rings. The van der Waals surface area contributed by atoms with E-state index in [0.29, 0.717) is 0 Å². The largest absolute Gasteiger partial charge is 0.0616 e. The average molecular weight is 1840 g/mol. The third-order valence-electron chi connectivity index (χ3n) is 31.3. The highest BCUT2D eigenvalue weighted by atomic mass is 14.3. The van der Waals surface area contributed by atoms with Gasteiger partial charge in [0.15, 0.2) is 0 Å². The third-order valence-corrected chi connectivity index (χ3v) is 31.3. The van der Waals surface area contributed by atoms with Gasteiger partial charge in [0.05, 0.1) is 0 Å². The molecule has 0 unspecified atom stereocenters. The standard InChI is InChI=1S/C50H30.2C48H30/c1-3-13-40-31(9-1)23-24-47-48(30-37-10-2-4-14-41(37)49(40)47)36-12-7-11-32(28-36)33-19-20-35-29-38(22-21-34(35)27-33)39-25-26-46-43-16-6-5-15-42(43)45-18-8-17-44(39)50(45)46;1-5-15-40-31(10-1)14-9-19-41(40)38-23-22-33-26-35(21-20-34(33)27-38)39-28-36-12-3-6-16-42(36)46(30-39)47-29-37-13-4-8-18-44(37)48-43-17-7-2-11-32(43)24-25-45(47)48;1-2-11-33-25-34(18-17-31(33)9-1)35-19-20-37-27-38(22-21-36(37)26-35)41-28-39-12-4-6-14-42(39)46(30-41)47-29-40-13-5-8-16-44(40)48-43-15-7-3-10-32(43)23-24-45(47)48/h1-30H;2*1-30H. The summed E-state index contributed by atoms with van der Waals surface area (Å²) < 4.78 is 0. The summed E-state index contributed by atoms with van der Waals surface area (Å²) in [7, 11) is 0. The van der Waals surface area contributed by atoms with Gasteiger partial charge in [0.25, 0.3) is 0 Å². The quantitative estimate of drug-likeness (QED) is 0.126. The van der Waals surface area contributed by atoms with Crippen LogP contribution in [0.15, 0.2) is 546 Å². The van der Waals surface area contributed by atoms with Crippen LogP contribution in [0, 0.1) is 0 Å². The maximum Gasteiger partial charge on any atom is -0.00201 e. The molecule has 0 saturated heterocycles. The monoisotopic (exact) mass is 1840 g/mol. The van der Waals surface area contributed by atoms with E-state index in [1.54, 1.807) is 0 Å². The Morgan fingerprint density at radius 1 is 0.0685 bits per heavy atom. The fourth-order valence-corrected chi connectivity index (χ4v) is 24.3. The van der Waals surface area contributed by atoms with Crippen LogP contribution in [0.1, 0.15) is 0 Å². The van der Waals surface area contributed by atoms with Crippen molar-refractivity contribution >= 4 is 183 Å². The molecular weight excluding hydrogens is 1750 g/mol. The molecule has 0 heteroatoms. The minimum absolute atomic E-state index is 1.22. The van der Waals surface area contributed by atoms with Crippen molar-refractivity contribution in [3.8, 4) is 122 Å². The predicted molar refractivity (Wildman–Crippen MR) is 630 cm³/mol. The second-order valence-electron chi connectivity index (χ2n) is 39.5. The lowest BCUT2D eigenvalue weighted by molar-refractivity contribution is 1.62. The van der Waals surface area contributed by atoms with Gasteiger partial charge in [-0.2, -0.15) is 0 Å². The Kier molecular flexibility index (Phi) is 19.8. The molecule has 0 radical (unpaired) electrons. The maximum absolute atomic E-state index is 2.41. The van der Waals surface area contributed by atoms with Gasteiger partial charge < -0.3 is 0 Å². The van der Waals surface area contributed by atoms with Gasteiger partial charge in [0.1, 0.15) is 0 Å². The first kappa shape index (κ1) is 83.9. The lowest BCUT2D eigenvalue weighted by Crippen LogP contribution is -1.90. The van der Waals surface area contributed by atoms with Gasteiger partial charge in [-0.1, -0.05) is 455 Å². The highest BCUT2D eigenvalue weighted by Gasteiger charge is 2.25. The third kappa shape index (κ3) is 14.3. The van der Waals surface area contributed by atoms with Crippen LogP contribution < -0.4 is 0 Å². The Morgan fingerprint density at radius 2 is 0.281 bits per heavy atom. The topological polar surface area (TPSA) is 0 Å². The minimum atomic E-state index is 1.22. The first-order valence-corrected chi connectivity index (χ1v) is 50.8. The lowest BCUT2D eigenvalue weighted by Gasteiger charge is -2.17. The molecule has 674 valence electrons. The van der Waals surface area contributed by atoms with E-state index in [0.717, 1.165) is 0 Å². The number of benzene rings is 30. The van der Waals surface area contributed by atoms with Crippen LogP contribution in [0.4, 0.5) is 0 Å². The Hall–Kier alpha value is -19.0. The predicted octanol–water partition coefficient (Wildman–Crippen LogP) is 41.3. The molecule has 30 aromatic rings. The van der Waals surface area contributed by atoms with E-state index < -0.39 is 0 Å². The number of hydrogen-bond acceptors (Lipinski definition) is 0. The normalized spacial score (nSPS) is 11.8. The molecule has 0 saturated carbocycles. The zero-order valence-corrected chi connectivity index (χ0v) is 80.0. The summed E-state index contributed by atoms with van der Waals surface area (Å²) in [5, 5.41) is 43.5. The molecule has 0 aromatic heterocycles. The molecular formula is C146H90. The van der Waals surface area contributed by atoms with E-state index in [1.807, 2.05) is 0 Å². The average Bonchev–Trinajstić information content (AvgIpc) is 1.40. The fraction of sp³-hybridized carbons (Fsp3) is 0. The van der Waals surface area contributed by atoms with Gasteiger partial charge in [0, 0.05) is 0 Å². The lowest BCUT2D eigenvalue weighted by atomic mass is 9.87. The fourth-order valence-electron chi connectivity index (χ4n) is 24.3. The maximum atomic E-state index is 2.41. The molecule has 0 aliphatic heterocycles. The van der Waals surface area contributed by atoms with Crippen LogP contribution in [0.25, 0.3) is 306 Å². The molecule has 0 N–H and O–H groups in total. The second kappa shape index (κ2) is 34.5. The Bertz CT molecular complexity index is 10700. The van der Waals surface area contributed by atoms with Crippen molar-refractivity contribution in [1.29, 1.82) is 0 Å². The van der Waals surface area contributed by atoms with Gasteiger partial charge in [-0.15, -0.1) is 0 Å². The van der Waals surface area contributed by atoms with E-state index >= 15 is 0 Å². The zero-order valence-electron chi connectivity index (χ0n) is 80.0. The van der Waals surface area contributed by atoms with Gasteiger partial charge in [-0.3, -0.25) is 0 Å². The summed E-state index contributed by atoms with van der Waals surface area (Å²) in [5.74, 6) is 0. The Labute approximate surface area is 845 Å². The summed E-state index contributed by atoms with van der Waals surface area (Å²) in [5.41, 5.74) is 27.8. The summed E-state index contributed by atoms with van der Waals surface area (Å²) in [6, 6.07) is 202. The van der Waals surface area contributed by atoms with Crippen LogP contribution in [0.5, 0.6) is 0 Å². The molecule has 0 atom stereocenters. The van der Waals surface area contributed by atoms with E-state index in [-0.39, 0.29) is 0 Å². The Balaban J connectivity index is 0.000000104. The van der Waals surface area contributed by atoms with Crippen molar-refractivity contribution in [2.24, 2.45) is 0 Å².